The Hall–Kier alpha value is -1.30. The summed E-state index contributed by atoms with van der Waals surface area (Å²) >= 11 is 6.00. The van der Waals surface area contributed by atoms with E-state index in [-0.39, 0.29) is 19.2 Å². The molecule has 1 rings (SSSR count). The maximum Gasteiger partial charge on any atom is 0.322 e. The summed E-state index contributed by atoms with van der Waals surface area (Å²) in [5, 5.41) is 12.3. The van der Waals surface area contributed by atoms with Crippen molar-refractivity contribution in [1.82, 2.24) is 4.90 Å². The SMILES string of the molecule is COCCN(CCO)C(=O)Nc1ccc(C)c(Cl)c1. The third-order valence-corrected chi connectivity index (χ3v) is 3.05. The van der Waals surface area contributed by atoms with Gasteiger partial charge in [0, 0.05) is 30.9 Å². The Morgan fingerprint density at radius 2 is 2.21 bits per heavy atom. The molecule has 0 unspecified atom stereocenters. The Morgan fingerprint density at radius 3 is 2.79 bits per heavy atom. The van der Waals surface area contributed by atoms with E-state index in [2.05, 4.69) is 5.32 Å². The molecule has 0 aliphatic rings. The first-order valence-electron chi connectivity index (χ1n) is 6.00. The van der Waals surface area contributed by atoms with Gasteiger partial charge in [0.05, 0.1) is 13.2 Å². The quantitative estimate of drug-likeness (QED) is 0.842. The highest BCUT2D eigenvalue weighted by atomic mass is 35.5. The van der Waals surface area contributed by atoms with Crippen LogP contribution in [0.3, 0.4) is 0 Å². The lowest BCUT2D eigenvalue weighted by molar-refractivity contribution is 0.142. The highest BCUT2D eigenvalue weighted by Crippen LogP contribution is 2.20. The number of aliphatic hydroxyl groups excluding tert-OH is 1. The van der Waals surface area contributed by atoms with Crippen molar-refractivity contribution in [3.05, 3.63) is 28.8 Å². The summed E-state index contributed by atoms with van der Waals surface area (Å²) in [5.74, 6) is 0. The van der Waals surface area contributed by atoms with Crippen molar-refractivity contribution in [1.29, 1.82) is 0 Å². The van der Waals surface area contributed by atoms with Crippen molar-refractivity contribution in [3.63, 3.8) is 0 Å². The molecule has 0 aliphatic heterocycles. The molecule has 0 bridgehead atoms. The number of anilines is 1. The van der Waals surface area contributed by atoms with Crippen LogP contribution < -0.4 is 5.32 Å². The van der Waals surface area contributed by atoms with Gasteiger partial charge in [0.25, 0.3) is 0 Å². The number of benzene rings is 1. The van der Waals surface area contributed by atoms with Gasteiger partial charge in [-0.2, -0.15) is 0 Å². The van der Waals surface area contributed by atoms with Gasteiger partial charge in [-0.1, -0.05) is 17.7 Å². The molecule has 1 aromatic rings. The van der Waals surface area contributed by atoms with Crippen LogP contribution in [0.2, 0.25) is 5.02 Å². The molecule has 1 aromatic carbocycles. The predicted octanol–water partition coefficient (Wildman–Crippen LogP) is 2.12. The van der Waals surface area contributed by atoms with Gasteiger partial charge in [0.15, 0.2) is 0 Å². The molecule has 0 aromatic heterocycles. The van der Waals surface area contributed by atoms with Crippen LogP contribution >= 0.6 is 11.6 Å². The number of rotatable bonds is 6. The van der Waals surface area contributed by atoms with Crippen LogP contribution in [0.1, 0.15) is 5.56 Å². The third-order valence-electron chi connectivity index (χ3n) is 2.65. The summed E-state index contributed by atoms with van der Waals surface area (Å²) in [6.07, 6.45) is 0. The number of amides is 2. The number of urea groups is 1. The van der Waals surface area contributed by atoms with E-state index in [1.54, 1.807) is 19.2 Å². The Bertz CT molecular complexity index is 426. The molecule has 5 nitrogen and oxygen atoms in total. The van der Waals surface area contributed by atoms with E-state index in [1.807, 2.05) is 13.0 Å². The van der Waals surface area contributed by atoms with E-state index < -0.39 is 0 Å². The highest BCUT2D eigenvalue weighted by molar-refractivity contribution is 6.31. The number of aryl methyl sites for hydroxylation is 1. The number of ether oxygens (including phenoxy) is 1. The lowest BCUT2D eigenvalue weighted by atomic mass is 10.2. The molecule has 0 fully saturated rings. The largest absolute Gasteiger partial charge is 0.395 e. The van der Waals surface area contributed by atoms with Crippen molar-refractivity contribution in [2.45, 2.75) is 6.92 Å². The molecule has 0 atom stereocenters. The lowest BCUT2D eigenvalue weighted by Gasteiger charge is -2.21. The van der Waals surface area contributed by atoms with Crippen LogP contribution in [0, 0.1) is 6.92 Å². The van der Waals surface area contributed by atoms with Crippen LogP contribution in [-0.2, 0) is 4.74 Å². The smallest absolute Gasteiger partial charge is 0.322 e. The number of hydrogen-bond donors (Lipinski definition) is 2. The van der Waals surface area contributed by atoms with E-state index in [0.717, 1.165) is 5.56 Å². The van der Waals surface area contributed by atoms with Crippen LogP contribution in [-0.4, -0.2) is 49.5 Å². The zero-order valence-electron chi connectivity index (χ0n) is 11.1. The van der Waals surface area contributed by atoms with Crippen molar-refractivity contribution in [2.75, 3.05) is 38.7 Å². The maximum atomic E-state index is 12.0. The zero-order chi connectivity index (χ0) is 14.3. The summed E-state index contributed by atoms with van der Waals surface area (Å²) in [6.45, 7) is 2.90. The average Bonchev–Trinajstić information content (AvgIpc) is 2.38. The second-order valence-corrected chi connectivity index (χ2v) is 4.50. The average molecular weight is 287 g/mol. The number of nitrogens with one attached hydrogen (secondary N) is 1. The van der Waals surface area contributed by atoms with E-state index in [1.165, 1.54) is 4.90 Å². The Labute approximate surface area is 118 Å². The van der Waals surface area contributed by atoms with E-state index in [0.29, 0.717) is 23.9 Å². The number of aliphatic hydroxyl groups is 1. The first-order valence-corrected chi connectivity index (χ1v) is 6.38. The molecule has 0 aliphatic carbocycles. The van der Waals surface area contributed by atoms with E-state index in [9.17, 15) is 4.79 Å². The molecule has 106 valence electrons. The standard InChI is InChI=1S/C13H19ClN2O3/c1-10-3-4-11(9-12(10)14)15-13(18)16(5-7-17)6-8-19-2/h3-4,9,17H,5-8H2,1-2H3,(H,15,18). The summed E-state index contributed by atoms with van der Waals surface area (Å²) in [6, 6.07) is 5.03. The van der Waals surface area contributed by atoms with Gasteiger partial charge < -0.3 is 20.1 Å². The minimum atomic E-state index is -0.286. The second kappa shape index (κ2) is 7.99. The van der Waals surface area contributed by atoms with Crippen molar-refractivity contribution in [3.8, 4) is 0 Å². The van der Waals surface area contributed by atoms with Gasteiger partial charge in [-0.15, -0.1) is 0 Å². The first kappa shape index (κ1) is 15.8. The number of hydrogen-bond acceptors (Lipinski definition) is 3. The van der Waals surface area contributed by atoms with Gasteiger partial charge in [-0.3, -0.25) is 0 Å². The van der Waals surface area contributed by atoms with Crippen molar-refractivity contribution < 1.29 is 14.6 Å². The Balaban J connectivity index is 2.66. The zero-order valence-corrected chi connectivity index (χ0v) is 11.9. The molecule has 19 heavy (non-hydrogen) atoms. The summed E-state index contributed by atoms with van der Waals surface area (Å²) in [5.41, 5.74) is 1.58. The summed E-state index contributed by atoms with van der Waals surface area (Å²) < 4.78 is 4.93. The van der Waals surface area contributed by atoms with Crippen LogP contribution in [0.5, 0.6) is 0 Å². The second-order valence-electron chi connectivity index (χ2n) is 4.10. The van der Waals surface area contributed by atoms with Gasteiger partial charge in [-0.05, 0) is 24.6 Å². The third kappa shape index (κ3) is 5.06. The molecule has 0 saturated carbocycles. The normalized spacial score (nSPS) is 10.3. The highest BCUT2D eigenvalue weighted by Gasteiger charge is 2.13. The van der Waals surface area contributed by atoms with Gasteiger partial charge in [-0.25, -0.2) is 4.79 Å². The summed E-state index contributed by atoms with van der Waals surface area (Å²) in [4.78, 5) is 13.5. The lowest BCUT2D eigenvalue weighted by Crippen LogP contribution is -2.39. The van der Waals surface area contributed by atoms with Crippen LogP contribution in [0.25, 0.3) is 0 Å². The van der Waals surface area contributed by atoms with E-state index in [4.69, 9.17) is 21.4 Å². The number of carbonyl (C=O) groups is 1. The van der Waals surface area contributed by atoms with E-state index >= 15 is 0 Å². The van der Waals surface area contributed by atoms with Crippen molar-refractivity contribution in [2.24, 2.45) is 0 Å². The molecule has 2 amide bonds. The van der Waals surface area contributed by atoms with Crippen molar-refractivity contribution >= 4 is 23.3 Å². The van der Waals surface area contributed by atoms with Gasteiger partial charge in [0.1, 0.15) is 0 Å². The predicted molar refractivity (Wildman–Crippen MR) is 75.7 cm³/mol. The van der Waals surface area contributed by atoms with Gasteiger partial charge in [0.2, 0.25) is 0 Å². The molecule has 0 saturated heterocycles. The molecule has 0 heterocycles. The first-order chi connectivity index (χ1) is 9.08. The minimum Gasteiger partial charge on any atom is -0.395 e. The fourth-order valence-electron chi connectivity index (χ4n) is 1.51. The molecular weight excluding hydrogens is 268 g/mol. The molecule has 0 spiro atoms. The molecular formula is C13H19ClN2O3. The van der Waals surface area contributed by atoms with Gasteiger partial charge >= 0.3 is 6.03 Å². The minimum absolute atomic E-state index is 0.0915. The number of halogens is 1. The maximum absolute atomic E-state index is 12.0. The number of nitrogens with zero attached hydrogens (tertiary/aromatic N) is 1. The Morgan fingerprint density at radius 1 is 1.47 bits per heavy atom. The monoisotopic (exact) mass is 286 g/mol. The van der Waals surface area contributed by atoms with Crippen LogP contribution in [0.15, 0.2) is 18.2 Å². The molecule has 6 heteroatoms. The fraction of sp³-hybridized carbons (Fsp3) is 0.462. The topological polar surface area (TPSA) is 61.8 Å². The fourth-order valence-corrected chi connectivity index (χ4v) is 1.69. The molecule has 0 radical (unpaired) electrons. The number of carbonyl (C=O) groups excluding carboxylic acids is 1. The molecule has 2 N–H and O–H groups in total. The Kier molecular flexibility index (Phi) is 6.62. The number of methoxy groups -OCH3 is 1. The summed E-state index contributed by atoms with van der Waals surface area (Å²) in [7, 11) is 1.56. The van der Waals surface area contributed by atoms with Crippen LogP contribution in [0.4, 0.5) is 10.5 Å².